The lowest BCUT2D eigenvalue weighted by Crippen LogP contribution is -1.84. The van der Waals surface area contributed by atoms with Crippen LogP contribution in [0.1, 0.15) is 5.56 Å². The molecule has 2 aromatic rings. The van der Waals surface area contributed by atoms with E-state index in [9.17, 15) is 4.39 Å². The minimum Gasteiger partial charge on any atom is -0.399 e. The molecule has 0 heterocycles. The van der Waals surface area contributed by atoms with Crippen LogP contribution in [0.4, 0.5) is 10.1 Å². The van der Waals surface area contributed by atoms with E-state index in [1.165, 1.54) is 17.0 Å². The van der Waals surface area contributed by atoms with Crippen molar-refractivity contribution in [3.05, 3.63) is 59.9 Å². The van der Waals surface area contributed by atoms with Crippen molar-refractivity contribution in [3.8, 4) is 0 Å². The van der Waals surface area contributed by atoms with Crippen LogP contribution in [0.5, 0.6) is 0 Å². The van der Waals surface area contributed by atoms with Gasteiger partial charge in [-0.15, -0.1) is 11.8 Å². The van der Waals surface area contributed by atoms with Crippen molar-refractivity contribution >= 4 is 17.4 Å². The molecule has 82 valence electrons. The van der Waals surface area contributed by atoms with Gasteiger partial charge in [0, 0.05) is 16.3 Å². The largest absolute Gasteiger partial charge is 0.399 e. The first-order valence-corrected chi connectivity index (χ1v) is 5.95. The first kappa shape index (κ1) is 11.0. The topological polar surface area (TPSA) is 26.0 Å². The summed E-state index contributed by atoms with van der Waals surface area (Å²) in [4.78, 5) is 1.17. The van der Waals surface area contributed by atoms with Gasteiger partial charge in [0.1, 0.15) is 5.82 Å². The Hall–Kier alpha value is -1.48. The number of halogens is 1. The molecule has 0 spiro atoms. The molecular weight excluding hydrogens is 221 g/mol. The van der Waals surface area contributed by atoms with E-state index in [0.717, 1.165) is 17.0 Å². The highest BCUT2D eigenvalue weighted by atomic mass is 32.2. The van der Waals surface area contributed by atoms with E-state index in [0.29, 0.717) is 0 Å². The zero-order valence-electron chi connectivity index (χ0n) is 8.69. The van der Waals surface area contributed by atoms with E-state index < -0.39 is 0 Å². The van der Waals surface area contributed by atoms with Gasteiger partial charge in [0.05, 0.1) is 0 Å². The van der Waals surface area contributed by atoms with E-state index in [-0.39, 0.29) is 5.82 Å². The molecule has 0 aromatic heterocycles. The van der Waals surface area contributed by atoms with Crippen LogP contribution in [0, 0.1) is 5.82 Å². The number of hydrogen-bond donors (Lipinski definition) is 1. The predicted molar refractivity (Wildman–Crippen MR) is 66.8 cm³/mol. The number of nitrogen functional groups attached to an aromatic ring is 1. The first-order valence-electron chi connectivity index (χ1n) is 4.97. The summed E-state index contributed by atoms with van der Waals surface area (Å²) in [5, 5.41) is 0. The molecule has 0 radical (unpaired) electrons. The molecule has 0 fully saturated rings. The summed E-state index contributed by atoms with van der Waals surface area (Å²) in [5.74, 6) is 0.644. The number of rotatable bonds is 3. The second-order valence-electron chi connectivity index (χ2n) is 3.48. The smallest absolute Gasteiger partial charge is 0.123 e. The van der Waals surface area contributed by atoms with Gasteiger partial charge in [-0.2, -0.15) is 0 Å². The molecule has 0 aliphatic rings. The van der Waals surface area contributed by atoms with Crippen molar-refractivity contribution in [3.63, 3.8) is 0 Å². The summed E-state index contributed by atoms with van der Waals surface area (Å²) >= 11 is 1.71. The molecule has 1 nitrogen and oxygen atoms in total. The molecule has 0 saturated heterocycles. The Morgan fingerprint density at radius 1 is 0.938 bits per heavy atom. The zero-order valence-corrected chi connectivity index (χ0v) is 9.51. The van der Waals surface area contributed by atoms with Gasteiger partial charge in [0.25, 0.3) is 0 Å². The maximum absolute atomic E-state index is 12.7. The maximum atomic E-state index is 12.7. The Balaban J connectivity index is 1.97. The molecule has 2 aromatic carbocycles. The summed E-state index contributed by atoms with van der Waals surface area (Å²) < 4.78 is 12.7. The van der Waals surface area contributed by atoms with Gasteiger partial charge in [0.15, 0.2) is 0 Å². The number of benzene rings is 2. The predicted octanol–water partition coefficient (Wildman–Crippen LogP) is 3.70. The van der Waals surface area contributed by atoms with Gasteiger partial charge in [-0.1, -0.05) is 12.1 Å². The summed E-state index contributed by atoms with van der Waals surface area (Å²) in [6.07, 6.45) is 0. The molecule has 2 N–H and O–H groups in total. The fourth-order valence-corrected chi connectivity index (χ4v) is 2.17. The van der Waals surface area contributed by atoms with E-state index in [4.69, 9.17) is 5.73 Å². The summed E-state index contributed by atoms with van der Waals surface area (Å²) in [7, 11) is 0. The Labute approximate surface area is 98.5 Å². The van der Waals surface area contributed by atoms with Crippen molar-refractivity contribution in [1.29, 1.82) is 0 Å². The Morgan fingerprint density at radius 2 is 1.56 bits per heavy atom. The second-order valence-corrected chi connectivity index (χ2v) is 4.53. The second kappa shape index (κ2) is 5.03. The molecule has 0 unspecified atom stereocenters. The van der Waals surface area contributed by atoms with Crippen LogP contribution in [0.25, 0.3) is 0 Å². The summed E-state index contributed by atoms with van der Waals surface area (Å²) in [5.41, 5.74) is 7.48. The van der Waals surface area contributed by atoms with Gasteiger partial charge in [-0.05, 0) is 42.0 Å². The molecule has 0 saturated carbocycles. The Kier molecular flexibility index (Phi) is 3.47. The quantitative estimate of drug-likeness (QED) is 0.646. The highest BCUT2D eigenvalue weighted by Crippen LogP contribution is 2.23. The van der Waals surface area contributed by atoms with Gasteiger partial charge >= 0.3 is 0 Å². The van der Waals surface area contributed by atoms with Crippen LogP contribution in [-0.4, -0.2) is 0 Å². The molecular formula is C13H12FNS. The molecule has 3 heteroatoms. The third-order valence-electron chi connectivity index (χ3n) is 2.20. The van der Waals surface area contributed by atoms with Crippen LogP contribution in [-0.2, 0) is 5.75 Å². The highest BCUT2D eigenvalue weighted by molar-refractivity contribution is 7.98. The lowest BCUT2D eigenvalue weighted by atomic mass is 10.2. The first-order chi connectivity index (χ1) is 7.74. The molecule has 0 atom stereocenters. The van der Waals surface area contributed by atoms with Crippen molar-refractivity contribution in [1.82, 2.24) is 0 Å². The Bertz CT molecular complexity index is 405. The van der Waals surface area contributed by atoms with Crippen molar-refractivity contribution in [2.75, 3.05) is 5.73 Å². The fraction of sp³-hybridized carbons (Fsp3) is 0.0769. The summed E-state index contributed by atoms with van der Waals surface area (Å²) in [6, 6.07) is 14.3. The lowest BCUT2D eigenvalue weighted by Gasteiger charge is -2.02. The van der Waals surface area contributed by atoms with E-state index in [1.54, 1.807) is 23.9 Å². The lowest BCUT2D eigenvalue weighted by molar-refractivity contribution is 0.627. The highest BCUT2D eigenvalue weighted by Gasteiger charge is 1.97. The minimum atomic E-state index is -0.193. The van der Waals surface area contributed by atoms with E-state index in [1.807, 2.05) is 24.3 Å². The summed E-state index contributed by atoms with van der Waals surface area (Å²) in [6.45, 7) is 0. The van der Waals surface area contributed by atoms with Crippen LogP contribution in [0.2, 0.25) is 0 Å². The van der Waals surface area contributed by atoms with Gasteiger partial charge in [-0.25, -0.2) is 4.39 Å². The van der Waals surface area contributed by atoms with E-state index >= 15 is 0 Å². The van der Waals surface area contributed by atoms with Crippen LogP contribution >= 0.6 is 11.8 Å². The molecule has 0 aliphatic carbocycles. The average molecular weight is 233 g/mol. The molecule has 2 rings (SSSR count). The monoisotopic (exact) mass is 233 g/mol. The molecule has 0 amide bonds. The molecule has 16 heavy (non-hydrogen) atoms. The fourth-order valence-electron chi connectivity index (χ4n) is 1.31. The Morgan fingerprint density at radius 3 is 2.19 bits per heavy atom. The van der Waals surface area contributed by atoms with Crippen LogP contribution < -0.4 is 5.73 Å². The zero-order chi connectivity index (χ0) is 11.4. The average Bonchev–Trinajstić information content (AvgIpc) is 2.30. The SMILES string of the molecule is Nc1ccc(SCc2ccc(F)cc2)cc1. The van der Waals surface area contributed by atoms with Crippen molar-refractivity contribution in [2.45, 2.75) is 10.6 Å². The normalized spacial score (nSPS) is 10.3. The van der Waals surface area contributed by atoms with Gasteiger partial charge in [-0.3, -0.25) is 0 Å². The van der Waals surface area contributed by atoms with Crippen molar-refractivity contribution in [2.24, 2.45) is 0 Å². The van der Waals surface area contributed by atoms with Gasteiger partial charge < -0.3 is 5.73 Å². The number of anilines is 1. The van der Waals surface area contributed by atoms with Gasteiger partial charge in [0.2, 0.25) is 0 Å². The molecule has 0 aliphatic heterocycles. The standard InChI is InChI=1S/C13H12FNS/c14-11-3-1-10(2-4-11)9-16-13-7-5-12(15)6-8-13/h1-8H,9,15H2. The third kappa shape index (κ3) is 3.00. The van der Waals surface area contributed by atoms with Crippen molar-refractivity contribution < 1.29 is 4.39 Å². The number of thioether (sulfide) groups is 1. The number of hydrogen-bond acceptors (Lipinski definition) is 2. The maximum Gasteiger partial charge on any atom is 0.123 e. The minimum absolute atomic E-state index is 0.193. The van der Waals surface area contributed by atoms with Crippen LogP contribution in [0.3, 0.4) is 0 Å². The van der Waals surface area contributed by atoms with E-state index in [2.05, 4.69) is 0 Å². The molecule has 0 bridgehead atoms. The third-order valence-corrected chi connectivity index (χ3v) is 3.28. The van der Waals surface area contributed by atoms with Crippen LogP contribution in [0.15, 0.2) is 53.4 Å². The number of nitrogens with two attached hydrogens (primary N) is 1.